The molecule has 0 unspecified atom stereocenters. The van der Waals surface area contributed by atoms with Crippen molar-refractivity contribution in [1.82, 2.24) is 9.55 Å². The number of ether oxygens (including phenoxy) is 1. The number of para-hydroxylation sites is 1. The average Bonchev–Trinajstić information content (AvgIpc) is 2.74. The molecule has 0 atom stereocenters. The zero-order valence-electron chi connectivity index (χ0n) is 11.7. The van der Waals surface area contributed by atoms with Crippen LogP contribution >= 0.6 is 0 Å². The van der Waals surface area contributed by atoms with Crippen LogP contribution in [-0.2, 0) is 16.4 Å². The van der Waals surface area contributed by atoms with E-state index in [4.69, 9.17) is 10.5 Å². The van der Waals surface area contributed by atoms with E-state index in [1.54, 1.807) is 11.5 Å². The topological polar surface area (TPSA) is 87.2 Å². The van der Waals surface area contributed by atoms with Gasteiger partial charge in [-0.1, -0.05) is 13.0 Å². The molecule has 0 spiro atoms. The fourth-order valence-corrected chi connectivity index (χ4v) is 2.77. The van der Waals surface area contributed by atoms with E-state index in [0.29, 0.717) is 30.4 Å². The van der Waals surface area contributed by atoms with Crippen molar-refractivity contribution in [3.63, 3.8) is 0 Å². The number of sulfone groups is 1. The number of anilines is 1. The summed E-state index contributed by atoms with van der Waals surface area (Å²) in [5.41, 5.74) is 7.35. The molecule has 0 amide bonds. The third-order valence-corrected chi connectivity index (χ3v) is 4.82. The van der Waals surface area contributed by atoms with Crippen LogP contribution in [0, 0.1) is 0 Å². The number of nitrogen functional groups attached to an aromatic ring is 1. The molecule has 110 valence electrons. The molecule has 0 saturated heterocycles. The second kappa shape index (κ2) is 5.70. The molecule has 20 heavy (non-hydrogen) atoms. The lowest BCUT2D eigenvalue weighted by Crippen LogP contribution is -2.15. The molecule has 2 N–H and O–H groups in total. The van der Waals surface area contributed by atoms with Crippen LogP contribution in [0.25, 0.3) is 11.0 Å². The molecule has 0 radical (unpaired) electrons. The van der Waals surface area contributed by atoms with Gasteiger partial charge in [0.25, 0.3) is 0 Å². The highest BCUT2D eigenvalue weighted by molar-refractivity contribution is 7.91. The predicted molar refractivity (Wildman–Crippen MR) is 79.6 cm³/mol. The average molecular weight is 297 g/mol. The van der Waals surface area contributed by atoms with Crippen LogP contribution in [0.5, 0.6) is 5.75 Å². The summed E-state index contributed by atoms with van der Waals surface area (Å²) in [7, 11) is -3.04. The summed E-state index contributed by atoms with van der Waals surface area (Å²) in [6.07, 6.45) is 0. The van der Waals surface area contributed by atoms with Gasteiger partial charge in [-0.25, -0.2) is 13.4 Å². The number of nitrogens with two attached hydrogens (primary N) is 1. The van der Waals surface area contributed by atoms with Crippen molar-refractivity contribution in [2.45, 2.75) is 20.4 Å². The maximum atomic E-state index is 11.6. The van der Waals surface area contributed by atoms with Crippen molar-refractivity contribution < 1.29 is 13.2 Å². The Balaban J connectivity index is 2.39. The van der Waals surface area contributed by atoms with Gasteiger partial charge in [-0.2, -0.15) is 0 Å². The first kappa shape index (κ1) is 14.6. The first-order valence-corrected chi connectivity index (χ1v) is 8.38. The number of hydrogen-bond acceptors (Lipinski definition) is 5. The van der Waals surface area contributed by atoms with Crippen molar-refractivity contribution in [2.24, 2.45) is 0 Å². The first-order chi connectivity index (χ1) is 9.48. The summed E-state index contributed by atoms with van der Waals surface area (Å²) in [6, 6.07) is 5.53. The number of nitrogens with zero attached hydrogens (tertiary/aromatic N) is 2. The zero-order chi connectivity index (χ0) is 14.8. The van der Waals surface area contributed by atoms with Gasteiger partial charge in [-0.3, -0.25) is 0 Å². The van der Waals surface area contributed by atoms with E-state index in [9.17, 15) is 8.42 Å². The first-order valence-electron chi connectivity index (χ1n) is 6.56. The normalized spacial score (nSPS) is 11.9. The van der Waals surface area contributed by atoms with Crippen LogP contribution in [0.3, 0.4) is 0 Å². The highest BCUT2D eigenvalue weighted by Crippen LogP contribution is 2.27. The highest BCUT2D eigenvalue weighted by Gasteiger charge is 2.14. The Morgan fingerprint density at radius 1 is 1.35 bits per heavy atom. The van der Waals surface area contributed by atoms with E-state index in [1.807, 2.05) is 25.1 Å². The predicted octanol–water partition coefficient (Wildman–Crippen LogP) is 1.45. The van der Waals surface area contributed by atoms with Crippen LogP contribution in [0.4, 0.5) is 5.95 Å². The lowest BCUT2D eigenvalue weighted by molar-refractivity contribution is 0.343. The molecule has 7 heteroatoms. The number of hydrogen-bond donors (Lipinski definition) is 1. The van der Waals surface area contributed by atoms with Gasteiger partial charge in [0.2, 0.25) is 5.95 Å². The maximum absolute atomic E-state index is 11.6. The molecule has 2 aromatic rings. The number of imidazole rings is 1. The van der Waals surface area contributed by atoms with Gasteiger partial charge in [-0.15, -0.1) is 0 Å². The molecule has 2 rings (SSSR count). The van der Waals surface area contributed by atoms with Crippen molar-refractivity contribution in [3.8, 4) is 5.75 Å². The van der Waals surface area contributed by atoms with Crippen LogP contribution < -0.4 is 10.5 Å². The van der Waals surface area contributed by atoms with Crippen LogP contribution in [-0.4, -0.2) is 36.1 Å². The largest absolute Gasteiger partial charge is 0.492 e. The highest BCUT2D eigenvalue weighted by atomic mass is 32.2. The van der Waals surface area contributed by atoms with Gasteiger partial charge in [0.1, 0.15) is 11.3 Å². The number of rotatable bonds is 6. The molecule has 1 aromatic carbocycles. The third-order valence-electron chi connectivity index (χ3n) is 3.14. The molecule has 0 fully saturated rings. The standard InChI is InChI=1S/C13H19N3O3S/c1-3-19-11-7-5-6-10-12(11)15-13(14)16(10)8-9-20(17,18)4-2/h5-7H,3-4,8-9H2,1-2H3,(H2,14,15). The van der Waals surface area contributed by atoms with E-state index >= 15 is 0 Å². The van der Waals surface area contributed by atoms with E-state index in [0.717, 1.165) is 5.52 Å². The maximum Gasteiger partial charge on any atom is 0.201 e. The summed E-state index contributed by atoms with van der Waals surface area (Å²) >= 11 is 0. The Morgan fingerprint density at radius 2 is 2.10 bits per heavy atom. The molecule has 0 aliphatic rings. The summed E-state index contributed by atoms with van der Waals surface area (Å²) in [5.74, 6) is 1.15. The van der Waals surface area contributed by atoms with Gasteiger partial charge in [-0.05, 0) is 19.1 Å². The van der Waals surface area contributed by atoms with Gasteiger partial charge in [0, 0.05) is 12.3 Å². The minimum atomic E-state index is -3.04. The fraction of sp³-hybridized carbons (Fsp3) is 0.462. The molecule has 0 saturated carbocycles. The zero-order valence-corrected chi connectivity index (χ0v) is 12.5. The van der Waals surface area contributed by atoms with Crippen molar-refractivity contribution in [1.29, 1.82) is 0 Å². The molecule has 1 aromatic heterocycles. The monoisotopic (exact) mass is 297 g/mol. The molecular weight excluding hydrogens is 278 g/mol. The fourth-order valence-electron chi connectivity index (χ4n) is 2.02. The van der Waals surface area contributed by atoms with Gasteiger partial charge in [0.05, 0.1) is 17.9 Å². The van der Waals surface area contributed by atoms with Crippen LogP contribution in [0.2, 0.25) is 0 Å². The van der Waals surface area contributed by atoms with Gasteiger partial charge >= 0.3 is 0 Å². The Morgan fingerprint density at radius 3 is 2.75 bits per heavy atom. The van der Waals surface area contributed by atoms with E-state index in [2.05, 4.69) is 4.98 Å². The minimum Gasteiger partial charge on any atom is -0.492 e. The van der Waals surface area contributed by atoms with E-state index in [1.165, 1.54) is 0 Å². The molecule has 1 heterocycles. The Hall–Kier alpha value is -1.76. The summed E-state index contributed by atoms with van der Waals surface area (Å²) in [5, 5.41) is 0. The van der Waals surface area contributed by atoms with E-state index in [-0.39, 0.29) is 11.5 Å². The third kappa shape index (κ3) is 2.87. The van der Waals surface area contributed by atoms with Crippen LogP contribution in [0.1, 0.15) is 13.8 Å². The number of benzene rings is 1. The lowest BCUT2D eigenvalue weighted by atomic mass is 10.3. The van der Waals surface area contributed by atoms with Crippen molar-refractivity contribution in [3.05, 3.63) is 18.2 Å². The SMILES string of the molecule is CCOc1cccc2c1nc(N)n2CCS(=O)(=O)CC. The number of aromatic nitrogens is 2. The summed E-state index contributed by atoms with van der Waals surface area (Å²) in [6.45, 7) is 4.37. The molecule has 0 aliphatic heterocycles. The van der Waals surface area contributed by atoms with Gasteiger partial charge in [0.15, 0.2) is 9.84 Å². The molecular formula is C13H19N3O3S. The smallest absolute Gasteiger partial charge is 0.201 e. The molecule has 6 nitrogen and oxygen atoms in total. The second-order valence-electron chi connectivity index (χ2n) is 4.41. The number of fused-ring (bicyclic) bond motifs is 1. The van der Waals surface area contributed by atoms with Crippen molar-refractivity contribution >= 4 is 26.8 Å². The molecule has 0 bridgehead atoms. The summed E-state index contributed by atoms with van der Waals surface area (Å²) < 4.78 is 30.4. The minimum absolute atomic E-state index is 0.0536. The van der Waals surface area contributed by atoms with E-state index < -0.39 is 9.84 Å². The molecule has 0 aliphatic carbocycles. The Kier molecular flexibility index (Phi) is 4.17. The lowest BCUT2D eigenvalue weighted by Gasteiger charge is -2.07. The quantitative estimate of drug-likeness (QED) is 0.872. The van der Waals surface area contributed by atoms with Crippen LogP contribution in [0.15, 0.2) is 18.2 Å². The second-order valence-corrected chi connectivity index (χ2v) is 6.89. The number of aryl methyl sites for hydroxylation is 1. The summed E-state index contributed by atoms with van der Waals surface area (Å²) in [4.78, 5) is 4.28. The van der Waals surface area contributed by atoms with Crippen molar-refractivity contribution in [2.75, 3.05) is 23.8 Å². The Labute approximate surface area is 118 Å². The Bertz CT molecular complexity index is 707. The van der Waals surface area contributed by atoms with Gasteiger partial charge < -0.3 is 15.0 Å².